The molecule has 0 N–H and O–H groups in total. The van der Waals surface area contributed by atoms with Gasteiger partial charge in [0.2, 0.25) is 0 Å². The standard InChI is InChI=1S/C14H9FO2S/c1-2-10-3-8-13(14(9-10)18(16)17)11-4-6-12(15)7-5-11/h1,3-9H,(H,16,17)/p-1. The number of rotatable bonds is 2. The van der Waals surface area contributed by atoms with Crippen molar-refractivity contribution in [2.45, 2.75) is 4.90 Å². The second-order valence-corrected chi connectivity index (χ2v) is 4.51. The molecule has 2 aromatic rings. The lowest BCUT2D eigenvalue weighted by Gasteiger charge is -2.12. The van der Waals surface area contributed by atoms with E-state index in [-0.39, 0.29) is 10.7 Å². The summed E-state index contributed by atoms with van der Waals surface area (Å²) < 4.78 is 35.2. The van der Waals surface area contributed by atoms with Gasteiger partial charge in [-0.15, -0.1) is 6.42 Å². The smallest absolute Gasteiger partial charge is 0.123 e. The first-order valence-corrected chi connectivity index (χ1v) is 6.15. The van der Waals surface area contributed by atoms with E-state index in [0.717, 1.165) is 0 Å². The first kappa shape index (κ1) is 12.5. The van der Waals surface area contributed by atoms with E-state index in [1.807, 2.05) is 0 Å². The van der Waals surface area contributed by atoms with Gasteiger partial charge < -0.3 is 4.55 Å². The summed E-state index contributed by atoms with van der Waals surface area (Å²) in [4.78, 5) is 0.108. The van der Waals surface area contributed by atoms with Crippen LogP contribution < -0.4 is 0 Å². The third-order valence-corrected chi connectivity index (χ3v) is 3.18. The summed E-state index contributed by atoms with van der Waals surface area (Å²) in [5.74, 6) is 2.01. The van der Waals surface area contributed by atoms with Crippen LogP contribution in [0.1, 0.15) is 5.56 Å². The minimum atomic E-state index is -2.40. The van der Waals surface area contributed by atoms with Gasteiger partial charge in [0, 0.05) is 10.5 Å². The van der Waals surface area contributed by atoms with Crippen molar-refractivity contribution in [2.75, 3.05) is 0 Å². The number of hydrogen-bond donors (Lipinski definition) is 0. The lowest BCUT2D eigenvalue weighted by molar-refractivity contribution is 0.537. The fourth-order valence-electron chi connectivity index (χ4n) is 1.62. The molecule has 0 aromatic heterocycles. The zero-order chi connectivity index (χ0) is 13.1. The maximum absolute atomic E-state index is 12.8. The fourth-order valence-corrected chi connectivity index (χ4v) is 2.21. The predicted octanol–water partition coefficient (Wildman–Crippen LogP) is 2.71. The minimum absolute atomic E-state index is 0.108. The Morgan fingerprint density at radius 3 is 2.39 bits per heavy atom. The number of terminal acetylenes is 1. The first-order valence-electron chi connectivity index (χ1n) is 5.07. The van der Waals surface area contributed by atoms with Crippen molar-refractivity contribution in [2.24, 2.45) is 0 Å². The number of hydrogen-bond acceptors (Lipinski definition) is 2. The van der Waals surface area contributed by atoms with E-state index in [1.54, 1.807) is 12.1 Å². The van der Waals surface area contributed by atoms with Crippen LogP contribution in [0.25, 0.3) is 11.1 Å². The van der Waals surface area contributed by atoms with E-state index >= 15 is 0 Å². The van der Waals surface area contributed by atoms with Crippen molar-refractivity contribution < 1.29 is 13.2 Å². The van der Waals surface area contributed by atoms with Gasteiger partial charge in [-0.2, -0.15) is 0 Å². The topological polar surface area (TPSA) is 40.1 Å². The summed E-state index contributed by atoms with van der Waals surface area (Å²) in [5, 5.41) is 0. The lowest BCUT2D eigenvalue weighted by Crippen LogP contribution is -1.94. The van der Waals surface area contributed by atoms with Crippen molar-refractivity contribution in [1.82, 2.24) is 0 Å². The molecule has 0 bridgehead atoms. The van der Waals surface area contributed by atoms with Gasteiger partial charge in [0.25, 0.3) is 0 Å². The molecule has 2 aromatic carbocycles. The highest BCUT2D eigenvalue weighted by molar-refractivity contribution is 7.79. The van der Waals surface area contributed by atoms with E-state index in [4.69, 9.17) is 6.42 Å². The number of halogens is 1. The highest BCUT2D eigenvalue weighted by atomic mass is 32.2. The van der Waals surface area contributed by atoms with Gasteiger partial charge in [0.05, 0.1) is 0 Å². The SMILES string of the molecule is C#Cc1ccc(-c2ccc(F)cc2)c(S(=O)[O-])c1. The molecule has 0 spiro atoms. The monoisotopic (exact) mass is 259 g/mol. The van der Waals surface area contributed by atoms with Crippen molar-refractivity contribution in [3.8, 4) is 23.5 Å². The Kier molecular flexibility index (Phi) is 3.56. The first-order chi connectivity index (χ1) is 8.61. The van der Waals surface area contributed by atoms with Crippen LogP contribution >= 0.6 is 0 Å². The second-order valence-electron chi connectivity index (χ2n) is 3.60. The van der Waals surface area contributed by atoms with Crippen LogP contribution in [0.15, 0.2) is 47.4 Å². The van der Waals surface area contributed by atoms with Crippen LogP contribution in [0, 0.1) is 18.2 Å². The van der Waals surface area contributed by atoms with Crippen LogP contribution in [-0.4, -0.2) is 8.76 Å². The van der Waals surface area contributed by atoms with E-state index < -0.39 is 11.1 Å². The largest absolute Gasteiger partial charge is 0.768 e. The van der Waals surface area contributed by atoms with Crippen molar-refractivity contribution in [3.05, 3.63) is 53.8 Å². The molecule has 18 heavy (non-hydrogen) atoms. The summed E-state index contributed by atoms with van der Waals surface area (Å²) >= 11 is -2.40. The third kappa shape index (κ3) is 2.48. The summed E-state index contributed by atoms with van der Waals surface area (Å²) in [5.41, 5.74) is 1.61. The van der Waals surface area contributed by atoms with Crippen LogP contribution in [0.3, 0.4) is 0 Å². The maximum Gasteiger partial charge on any atom is 0.123 e. The summed E-state index contributed by atoms with van der Waals surface area (Å²) in [7, 11) is 0. The molecule has 1 unspecified atom stereocenters. The fraction of sp³-hybridized carbons (Fsp3) is 0. The molecule has 0 aliphatic rings. The Balaban J connectivity index is 2.60. The summed E-state index contributed by atoms with van der Waals surface area (Å²) in [6.45, 7) is 0. The molecule has 90 valence electrons. The average Bonchev–Trinajstić information content (AvgIpc) is 2.39. The summed E-state index contributed by atoms with van der Waals surface area (Å²) in [6.07, 6.45) is 5.23. The minimum Gasteiger partial charge on any atom is -0.768 e. The van der Waals surface area contributed by atoms with Crippen LogP contribution in [0.2, 0.25) is 0 Å². The molecular formula is C14H8FO2S-. The predicted molar refractivity (Wildman–Crippen MR) is 67.0 cm³/mol. The molecule has 0 amide bonds. The van der Waals surface area contributed by atoms with Gasteiger partial charge in [-0.1, -0.05) is 24.1 Å². The zero-order valence-corrected chi connectivity index (χ0v) is 10.0. The van der Waals surface area contributed by atoms with Gasteiger partial charge in [-0.3, -0.25) is 4.21 Å². The van der Waals surface area contributed by atoms with E-state index in [0.29, 0.717) is 16.7 Å². The van der Waals surface area contributed by atoms with E-state index in [2.05, 4.69) is 5.92 Å². The molecule has 0 fully saturated rings. The van der Waals surface area contributed by atoms with Crippen LogP contribution in [0.4, 0.5) is 4.39 Å². The molecule has 2 rings (SSSR count). The molecule has 0 radical (unpaired) electrons. The molecule has 0 aliphatic carbocycles. The Bertz CT molecular complexity index is 642. The van der Waals surface area contributed by atoms with Gasteiger partial charge >= 0.3 is 0 Å². The van der Waals surface area contributed by atoms with Gasteiger partial charge in [-0.25, -0.2) is 4.39 Å². The Labute approximate surface area is 107 Å². The highest BCUT2D eigenvalue weighted by Gasteiger charge is 2.07. The molecule has 1 atom stereocenters. The highest BCUT2D eigenvalue weighted by Crippen LogP contribution is 2.27. The maximum atomic E-state index is 12.8. The van der Waals surface area contributed by atoms with Crippen LogP contribution in [-0.2, 0) is 11.1 Å². The normalized spacial score (nSPS) is 11.8. The van der Waals surface area contributed by atoms with Gasteiger partial charge in [-0.05, 0) is 46.5 Å². The molecule has 4 heteroatoms. The third-order valence-electron chi connectivity index (χ3n) is 2.48. The molecule has 0 saturated heterocycles. The van der Waals surface area contributed by atoms with Crippen molar-refractivity contribution >= 4 is 11.1 Å². The number of benzene rings is 2. The molecule has 2 nitrogen and oxygen atoms in total. The van der Waals surface area contributed by atoms with Crippen molar-refractivity contribution in [1.29, 1.82) is 0 Å². The lowest BCUT2D eigenvalue weighted by atomic mass is 10.0. The van der Waals surface area contributed by atoms with Gasteiger partial charge in [0.15, 0.2) is 0 Å². The Hall–Kier alpha value is -1.96. The average molecular weight is 259 g/mol. The quantitative estimate of drug-likeness (QED) is 0.614. The molecule has 0 saturated carbocycles. The van der Waals surface area contributed by atoms with E-state index in [9.17, 15) is 13.2 Å². The summed E-state index contributed by atoms with van der Waals surface area (Å²) in [6, 6.07) is 10.3. The zero-order valence-electron chi connectivity index (χ0n) is 9.22. The van der Waals surface area contributed by atoms with Crippen LogP contribution in [0.5, 0.6) is 0 Å². The van der Waals surface area contributed by atoms with E-state index in [1.165, 1.54) is 30.3 Å². The second kappa shape index (κ2) is 5.13. The Morgan fingerprint density at radius 1 is 1.17 bits per heavy atom. The molecular weight excluding hydrogens is 251 g/mol. The van der Waals surface area contributed by atoms with Crippen molar-refractivity contribution in [3.63, 3.8) is 0 Å². The molecule has 0 heterocycles. The Morgan fingerprint density at radius 2 is 1.83 bits per heavy atom. The van der Waals surface area contributed by atoms with Gasteiger partial charge in [0.1, 0.15) is 5.82 Å². The molecule has 0 aliphatic heterocycles.